The van der Waals surface area contributed by atoms with Gasteiger partial charge in [-0.3, -0.25) is 19.2 Å². The van der Waals surface area contributed by atoms with Gasteiger partial charge in [-0.1, -0.05) is 110 Å². The molecule has 1 aromatic heterocycles. The average Bonchev–Trinajstić information content (AvgIpc) is 3.07. The van der Waals surface area contributed by atoms with Gasteiger partial charge in [0, 0.05) is 17.7 Å². The van der Waals surface area contributed by atoms with Crippen molar-refractivity contribution < 1.29 is 33.0 Å². The number of benzene rings is 2. The molecule has 0 saturated heterocycles. The van der Waals surface area contributed by atoms with Gasteiger partial charge in [0.1, 0.15) is 16.7 Å². The van der Waals surface area contributed by atoms with Gasteiger partial charge in [0.15, 0.2) is 16.9 Å². The van der Waals surface area contributed by atoms with Gasteiger partial charge < -0.3 is 18.6 Å². The van der Waals surface area contributed by atoms with Gasteiger partial charge in [0.2, 0.25) is 5.75 Å². The first-order chi connectivity index (χ1) is 22.7. The fourth-order valence-electron chi connectivity index (χ4n) is 5.64. The lowest BCUT2D eigenvalue weighted by molar-refractivity contribution is -0.143. The van der Waals surface area contributed by atoms with Crippen molar-refractivity contribution in [3.63, 3.8) is 0 Å². The van der Waals surface area contributed by atoms with Gasteiger partial charge >= 0.3 is 17.9 Å². The lowest BCUT2D eigenvalue weighted by Crippen LogP contribution is -2.25. The molecule has 256 valence electrons. The number of unbranched alkanes of at least 4 members (excludes halogenated alkanes) is 3. The molecule has 2 aromatic carbocycles. The van der Waals surface area contributed by atoms with Crippen LogP contribution in [0.4, 0.5) is 0 Å². The topological polar surface area (TPSA) is 109 Å². The highest BCUT2D eigenvalue weighted by atomic mass is 16.6. The Morgan fingerprint density at radius 1 is 0.638 bits per heavy atom. The monoisotopic (exact) mass is 648 g/mol. The van der Waals surface area contributed by atoms with Crippen molar-refractivity contribution in [2.24, 2.45) is 17.8 Å². The molecule has 3 aromatic rings. The van der Waals surface area contributed by atoms with Crippen LogP contribution in [0, 0.1) is 17.8 Å². The predicted molar refractivity (Wildman–Crippen MR) is 185 cm³/mol. The largest absolute Gasteiger partial charge is 0.456 e. The van der Waals surface area contributed by atoms with Crippen LogP contribution < -0.4 is 19.6 Å². The molecule has 0 aliphatic rings. The summed E-state index contributed by atoms with van der Waals surface area (Å²) in [6.07, 6.45) is 8.67. The fourth-order valence-corrected chi connectivity index (χ4v) is 5.64. The molecular weight excluding hydrogens is 596 g/mol. The summed E-state index contributed by atoms with van der Waals surface area (Å²) in [6, 6.07) is 11.9. The molecule has 47 heavy (non-hydrogen) atoms. The Kier molecular flexibility index (Phi) is 15.2. The Morgan fingerprint density at radius 2 is 1.11 bits per heavy atom. The van der Waals surface area contributed by atoms with E-state index >= 15 is 0 Å². The summed E-state index contributed by atoms with van der Waals surface area (Å²) in [5.74, 6) is -3.23. The maximum Gasteiger partial charge on any atom is 0.314 e. The van der Waals surface area contributed by atoms with E-state index in [0.717, 1.165) is 38.5 Å². The Balaban J connectivity index is 2.30. The average molecular weight is 649 g/mol. The molecule has 8 heteroatoms. The summed E-state index contributed by atoms with van der Waals surface area (Å²) in [6.45, 7) is 11.9. The summed E-state index contributed by atoms with van der Waals surface area (Å²) in [4.78, 5) is 54.7. The molecule has 0 amide bonds. The summed E-state index contributed by atoms with van der Waals surface area (Å²) in [7, 11) is 0. The van der Waals surface area contributed by atoms with E-state index in [9.17, 15) is 19.2 Å². The van der Waals surface area contributed by atoms with Crippen LogP contribution in [0.2, 0.25) is 0 Å². The highest BCUT2D eigenvalue weighted by Gasteiger charge is 2.32. The van der Waals surface area contributed by atoms with Gasteiger partial charge in [-0.05, 0) is 38.5 Å². The molecule has 0 aliphatic carbocycles. The predicted octanol–water partition coefficient (Wildman–Crippen LogP) is 9.83. The van der Waals surface area contributed by atoms with E-state index in [0.29, 0.717) is 44.1 Å². The van der Waals surface area contributed by atoms with E-state index in [-0.39, 0.29) is 34.0 Å². The van der Waals surface area contributed by atoms with Gasteiger partial charge in [0.25, 0.3) is 0 Å². The van der Waals surface area contributed by atoms with Gasteiger partial charge in [0.05, 0.1) is 17.8 Å². The molecule has 3 rings (SSSR count). The van der Waals surface area contributed by atoms with Crippen molar-refractivity contribution in [2.75, 3.05) is 0 Å². The number of hydrogen-bond acceptors (Lipinski definition) is 8. The Morgan fingerprint density at radius 3 is 1.57 bits per heavy atom. The Labute approximate surface area is 279 Å². The second-order valence-corrected chi connectivity index (χ2v) is 12.3. The highest BCUT2D eigenvalue weighted by Crippen LogP contribution is 2.45. The zero-order valence-corrected chi connectivity index (χ0v) is 29.0. The van der Waals surface area contributed by atoms with Crippen molar-refractivity contribution in [3.8, 4) is 28.6 Å². The molecule has 3 atom stereocenters. The molecule has 0 saturated carbocycles. The summed E-state index contributed by atoms with van der Waals surface area (Å²) < 4.78 is 24.3. The van der Waals surface area contributed by atoms with Crippen molar-refractivity contribution in [3.05, 3.63) is 52.7 Å². The third-order valence-electron chi connectivity index (χ3n) is 8.77. The van der Waals surface area contributed by atoms with E-state index in [4.69, 9.17) is 18.6 Å². The molecule has 3 unspecified atom stereocenters. The van der Waals surface area contributed by atoms with Gasteiger partial charge in [-0.15, -0.1) is 0 Å². The first-order valence-corrected chi connectivity index (χ1v) is 17.6. The SMILES string of the molecule is CCCCC(CC)C(=O)Oc1cc2oc(-c3ccccc3)cc(=O)c2c(OC(=O)C(CC)CCCC)c1OC(=O)C(CC)CCCC. The molecule has 8 nitrogen and oxygen atoms in total. The lowest BCUT2D eigenvalue weighted by Gasteiger charge is -2.21. The number of hydrogen-bond donors (Lipinski definition) is 0. The van der Waals surface area contributed by atoms with E-state index in [1.165, 1.54) is 12.1 Å². The van der Waals surface area contributed by atoms with Crippen molar-refractivity contribution in [2.45, 2.75) is 119 Å². The standard InChI is InChI=1S/C39H52O8/c1-7-13-19-26(10-4)37(41)45-33-25-32-34(30(40)24-31(44-32)29-22-17-16-18-23-29)36(47-39(43)28(12-6)21-15-9-3)35(33)46-38(42)27(11-5)20-14-8-2/h16-18,22-28H,7-15,19-21H2,1-6H3. The third kappa shape index (κ3) is 10.0. The third-order valence-corrected chi connectivity index (χ3v) is 8.77. The minimum absolute atomic E-state index is 0.0444. The molecule has 0 spiro atoms. The summed E-state index contributed by atoms with van der Waals surface area (Å²) in [5.41, 5.74) is 0.220. The molecular formula is C39H52O8. The van der Waals surface area contributed by atoms with Crippen molar-refractivity contribution in [1.29, 1.82) is 0 Å². The number of fused-ring (bicyclic) bond motifs is 1. The van der Waals surface area contributed by atoms with Crippen LogP contribution in [0.3, 0.4) is 0 Å². The van der Waals surface area contributed by atoms with Crippen LogP contribution >= 0.6 is 0 Å². The molecule has 0 aliphatic heterocycles. The lowest BCUT2D eigenvalue weighted by atomic mass is 9.99. The number of carbonyl (C=O) groups excluding carboxylic acids is 3. The zero-order valence-electron chi connectivity index (χ0n) is 29.0. The number of esters is 3. The number of rotatable bonds is 19. The van der Waals surface area contributed by atoms with E-state index < -0.39 is 41.1 Å². The van der Waals surface area contributed by atoms with Crippen LogP contribution in [0.1, 0.15) is 119 Å². The summed E-state index contributed by atoms with van der Waals surface area (Å²) >= 11 is 0. The van der Waals surface area contributed by atoms with Gasteiger partial charge in [-0.2, -0.15) is 0 Å². The maximum atomic E-state index is 13.9. The second-order valence-electron chi connectivity index (χ2n) is 12.3. The first kappa shape index (κ1) is 37.5. The van der Waals surface area contributed by atoms with E-state index in [1.807, 2.05) is 65.0 Å². The molecule has 0 radical (unpaired) electrons. The highest BCUT2D eigenvalue weighted by molar-refractivity contribution is 5.95. The van der Waals surface area contributed by atoms with Gasteiger partial charge in [-0.25, -0.2) is 0 Å². The molecule has 1 heterocycles. The van der Waals surface area contributed by atoms with Crippen molar-refractivity contribution in [1.82, 2.24) is 0 Å². The Hall–Kier alpha value is -3.94. The first-order valence-electron chi connectivity index (χ1n) is 17.6. The number of ether oxygens (including phenoxy) is 3. The second kappa shape index (κ2) is 19.0. The van der Waals surface area contributed by atoms with Crippen LogP contribution in [0.25, 0.3) is 22.3 Å². The molecule has 0 bridgehead atoms. The normalized spacial score (nSPS) is 13.1. The van der Waals surface area contributed by atoms with Crippen LogP contribution in [0.5, 0.6) is 17.2 Å². The fraction of sp³-hybridized carbons (Fsp3) is 0.538. The maximum absolute atomic E-state index is 13.9. The number of carbonyl (C=O) groups is 3. The minimum Gasteiger partial charge on any atom is -0.456 e. The smallest absolute Gasteiger partial charge is 0.314 e. The quantitative estimate of drug-likeness (QED) is 0.0933. The van der Waals surface area contributed by atoms with Crippen molar-refractivity contribution >= 4 is 28.9 Å². The van der Waals surface area contributed by atoms with Crippen LogP contribution in [-0.4, -0.2) is 17.9 Å². The summed E-state index contributed by atoms with van der Waals surface area (Å²) in [5, 5.41) is -0.0643. The Bertz CT molecular complexity index is 1520. The minimum atomic E-state index is -0.554. The van der Waals surface area contributed by atoms with E-state index in [1.54, 1.807) is 0 Å². The van der Waals surface area contributed by atoms with Crippen LogP contribution in [-0.2, 0) is 14.4 Å². The molecule has 0 fully saturated rings. The molecule has 0 N–H and O–H groups in total. The van der Waals surface area contributed by atoms with E-state index in [2.05, 4.69) is 6.92 Å². The van der Waals surface area contributed by atoms with Crippen LogP contribution in [0.15, 0.2) is 51.7 Å². The zero-order chi connectivity index (χ0) is 34.3.